The number of para-hydroxylation sites is 1. The van der Waals surface area contributed by atoms with Gasteiger partial charge < -0.3 is 14.8 Å². The summed E-state index contributed by atoms with van der Waals surface area (Å²) < 4.78 is 13.0. The van der Waals surface area contributed by atoms with Gasteiger partial charge in [0.15, 0.2) is 11.0 Å². The maximum absolute atomic E-state index is 12.8. The van der Waals surface area contributed by atoms with E-state index in [0.717, 1.165) is 42.3 Å². The van der Waals surface area contributed by atoms with Gasteiger partial charge in [-0.15, -0.1) is 10.2 Å². The summed E-state index contributed by atoms with van der Waals surface area (Å²) in [6.07, 6.45) is 2.16. The molecule has 7 nitrogen and oxygen atoms in total. The van der Waals surface area contributed by atoms with E-state index in [0.29, 0.717) is 17.6 Å². The number of benzene rings is 2. The third-order valence-corrected chi connectivity index (χ3v) is 7.00. The minimum Gasteiger partial charge on any atom is -0.497 e. The van der Waals surface area contributed by atoms with Gasteiger partial charge in [-0.3, -0.25) is 9.36 Å². The molecule has 1 aliphatic heterocycles. The van der Waals surface area contributed by atoms with Crippen LogP contribution in [0.3, 0.4) is 0 Å². The summed E-state index contributed by atoms with van der Waals surface area (Å²) in [6, 6.07) is 16.1. The molecule has 180 valence electrons. The number of aromatic nitrogens is 3. The van der Waals surface area contributed by atoms with Crippen molar-refractivity contribution in [1.82, 2.24) is 20.1 Å². The lowest BCUT2D eigenvalue weighted by molar-refractivity contribution is -0.120. The van der Waals surface area contributed by atoms with Gasteiger partial charge in [-0.2, -0.15) is 0 Å². The zero-order valence-electron chi connectivity index (χ0n) is 20.2. The van der Waals surface area contributed by atoms with Crippen molar-refractivity contribution in [2.75, 3.05) is 20.3 Å². The van der Waals surface area contributed by atoms with E-state index in [4.69, 9.17) is 9.47 Å². The summed E-state index contributed by atoms with van der Waals surface area (Å²) in [6.45, 7) is 7.56. The quantitative estimate of drug-likeness (QED) is 0.442. The molecule has 2 heterocycles. The number of ether oxygens (including phenoxy) is 2. The number of hydrogen-bond donors (Lipinski definition) is 1. The summed E-state index contributed by atoms with van der Waals surface area (Å²) >= 11 is 1.41. The molecule has 2 aromatic carbocycles. The molecule has 1 N–H and O–H groups in total. The van der Waals surface area contributed by atoms with E-state index in [1.54, 1.807) is 7.11 Å². The molecule has 1 aliphatic rings. The Bertz CT molecular complexity index is 1110. The Labute approximate surface area is 205 Å². The Hall–Kier alpha value is -2.84. The third kappa shape index (κ3) is 5.45. The van der Waals surface area contributed by atoms with E-state index in [2.05, 4.69) is 46.1 Å². The molecule has 0 spiro atoms. The SMILES string of the molecule is COc1ccc(-c2nnc(S[C@H](C)C(=O)NC[C@H]3CCCO3)n2-c2ccccc2C(C)C)cc1. The summed E-state index contributed by atoms with van der Waals surface area (Å²) in [5.74, 6) is 1.79. The lowest BCUT2D eigenvalue weighted by Gasteiger charge is -2.18. The average molecular weight is 481 g/mol. The van der Waals surface area contributed by atoms with E-state index in [9.17, 15) is 4.79 Å². The van der Waals surface area contributed by atoms with E-state index in [1.807, 2.05) is 43.3 Å². The Kier molecular flexibility index (Phi) is 7.90. The maximum atomic E-state index is 12.8. The van der Waals surface area contributed by atoms with Crippen molar-refractivity contribution < 1.29 is 14.3 Å². The van der Waals surface area contributed by atoms with E-state index >= 15 is 0 Å². The maximum Gasteiger partial charge on any atom is 0.233 e. The van der Waals surface area contributed by atoms with Crippen LogP contribution in [-0.2, 0) is 9.53 Å². The molecule has 2 atom stereocenters. The molecule has 0 bridgehead atoms. The molecule has 4 rings (SSSR count). The number of rotatable bonds is 9. The molecule has 1 fully saturated rings. The van der Waals surface area contributed by atoms with Gasteiger partial charge in [-0.25, -0.2) is 0 Å². The molecule has 0 radical (unpaired) electrons. The first-order valence-corrected chi connectivity index (χ1v) is 12.6. The molecule has 1 aromatic heterocycles. The monoisotopic (exact) mass is 480 g/mol. The topological polar surface area (TPSA) is 78.3 Å². The van der Waals surface area contributed by atoms with Crippen LogP contribution in [0, 0.1) is 0 Å². The molecule has 1 amide bonds. The van der Waals surface area contributed by atoms with Crippen LogP contribution in [-0.4, -0.2) is 52.3 Å². The van der Waals surface area contributed by atoms with Crippen molar-refractivity contribution in [1.29, 1.82) is 0 Å². The highest BCUT2D eigenvalue weighted by molar-refractivity contribution is 8.00. The van der Waals surface area contributed by atoms with Crippen molar-refractivity contribution in [2.45, 2.75) is 56.0 Å². The third-order valence-electron chi connectivity index (χ3n) is 5.96. The molecule has 0 saturated carbocycles. The molecule has 3 aromatic rings. The van der Waals surface area contributed by atoms with Gasteiger partial charge in [0.05, 0.1) is 24.2 Å². The number of hydrogen-bond acceptors (Lipinski definition) is 6. The second-order valence-corrected chi connectivity index (χ2v) is 10.0. The highest BCUT2D eigenvalue weighted by Gasteiger charge is 2.24. The largest absolute Gasteiger partial charge is 0.497 e. The number of thioether (sulfide) groups is 1. The first-order valence-electron chi connectivity index (χ1n) is 11.7. The Morgan fingerprint density at radius 3 is 2.62 bits per heavy atom. The average Bonchev–Trinajstić information content (AvgIpc) is 3.52. The second kappa shape index (κ2) is 11.1. The van der Waals surface area contributed by atoms with Gasteiger partial charge in [0.2, 0.25) is 5.91 Å². The van der Waals surface area contributed by atoms with Crippen LogP contribution >= 0.6 is 11.8 Å². The smallest absolute Gasteiger partial charge is 0.233 e. The van der Waals surface area contributed by atoms with Crippen molar-refractivity contribution in [3.8, 4) is 22.8 Å². The normalized spacial score (nSPS) is 16.6. The van der Waals surface area contributed by atoms with Crippen LogP contribution < -0.4 is 10.1 Å². The predicted molar refractivity (Wildman–Crippen MR) is 135 cm³/mol. The minimum absolute atomic E-state index is 0.0295. The van der Waals surface area contributed by atoms with Crippen LogP contribution in [0.5, 0.6) is 5.75 Å². The first kappa shape index (κ1) is 24.3. The van der Waals surface area contributed by atoms with Crippen LogP contribution in [0.15, 0.2) is 53.7 Å². The van der Waals surface area contributed by atoms with Gasteiger partial charge in [-0.1, -0.05) is 43.8 Å². The van der Waals surface area contributed by atoms with E-state index in [1.165, 1.54) is 17.3 Å². The zero-order chi connectivity index (χ0) is 24.1. The predicted octanol–water partition coefficient (Wildman–Crippen LogP) is 4.84. The van der Waals surface area contributed by atoms with Crippen LogP contribution in [0.1, 0.15) is 45.1 Å². The minimum atomic E-state index is -0.334. The molecular formula is C26H32N4O3S. The Balaban J connectivity index is 1.65. The summed E-state index contributed by atoms with van der Waals surface area (Å²) in [5.41, 5.74) is 3.13. The summed E-state index contributed by atoms with van der Waals surface area (Å²) in [7, 11) is 1.65. The van der Waals surface area contributed by atoms with Crippen molar-refractivity contribution in [3.05, 3.63) is 54.1 Å². The van der Waals surface area contributed by atoms with Gasteiger partial charge in [0, 0.05) is 18.7 Å². The van der Waals surface area contributed by atoms with Crippen LogP contribution in [0.2, 0.25) is 0 Å². The van der Waals surface area contributed by atoms with Crippen LogP contribution in [0.4, 0.5) is 0 Å². The van der Waals surface area contributed by atoms with Gasteiger partial charge in [0.25, 0.3) is 0 Å². The van der Waals surface area contributed by atoms with E-state index in [-0.39, 0.29) is 17.3 Å². The van der Waals surface area contributed by atoms with Crippen molar-refractivity contribution >= 4 is 17.7 Å². The highest BCUT2D eigenvalue weighted by Crippen LogP contribution is 2.34. The summed E-state index contributed by atoms with van der Waals surface area (Å²) in [4.78, 5) is 12.8. The second-order valence-electron chi connectivity index (χ2n) is 8.72. The van der Waals surface area contributed by atoms with Crippen molar-refractivity contribution in [2.24, 2.45) is 0 Å². The Morgan fingerprint density at radius 1 is 1.18 bits per heavy atom. The zero-order valence-corrected chi connectivity index (χ0v) is 21.0. The van der Waals surface area contributed by atoms with Gasteiger partial charge in [-0.05, 0) is 61.6 Å². The van der Waals surface area contributed by atoms with E-state index < -0.39 is 0 Å². The first-order chi connectivity index (χ1) is 16.5. The number of carbonyl (C=O) groups is 1. The van der Waals surface area contributed by atoms with Crippen molar-refractivity contribution in [3.63, 3.8) is 0 Å². The molecule has 0 aliphatic carbocycles. The van der Waals surface area contributed by atoms with Crippen LogP contribution in [0.25, 0.3) is 17.1 Å². The molecule has 34 heavy (non-hydrogen) atoms. The fourth-order valence-electron chi connectivity index (χ4n) is 4.05. The molecular weight excluding hydrogens is 448 g/mol. The fourth-order valence-corrected chi connectivity index (χ4v) is 4.93. The highest BCUT2D eigenvalue weighted by atomic mass is 32.2. The molecule has 8 heteroatoms. The van der Waals surface area contributed by atoms with Gasteiger partial charge in [0.1, 0.15) is 5.75 Å². The number of nitrogens with one attached hydrogen (secondary N) is 1. The van der Waals surface area contributed by atoms with Gasteiger partial charge >= 0.3 is 0 Å². The lowest BCUT2D eigenvalue weighted by atomic mass is 10.0. The summed E-state index contributed by atoms with van der Waals surface area (Å²) in [5, 5.41) is 12.4. The lowest BCUT2D eigenvalue weighted by Crippen LogP contribution is -2.36. The number of carbonyl (C=O) groups excluding carboxylic acids is 1. The molecule has 1 saturated heterocycles. The molecule has 0 unspecified atom stereocenters. The number of nitrogens with zero attached hydrogens (tertiary/aromatic N) is 3. The Morgan fingerprint density at radius 2 is 1.94 bits per heavy atom. The fraction of sp³-hybridized carbons (Fsp3) is 0.423. The standard InChI is InChI=1S/C26H32N4O3S/c1-17(2)22-9-5-6-10-23(22)30-24(19-11-13-20(32-4)14-12-19)28-29-26(30)34-18(3)25(31)27-16-21-8-7-15-33-21/h5-6,9-14,17-18,21H,7-8,15-16H2,1-4H3,(H,27,31)/t18-,21-/m1/s1. The number of amides is 1. The number of methoxy groups -OCH3 is 1.